The molecule has 78 valence electrons. The summed E-state index contributed by atoms with van der Waals surface area (Å²) in [6.07, 6.45) is 10.3. The molecule has 0 atom stereocenters. The summed E-state index contributed by atoms with van der Waals surface area (Å²) in [6, 6.07) is 1.51. The van der Waals surface area contributed by atoms with E-state index < -0.39 is 8.07 Å². The molecule has 0 aromatic rings. The van der Waals surface area contributed by atoms with Crippen molar-refractivity contribution in [1.82, 2.24) is 0 Å². The van der Waals surface area contributed by atoms with Crippen LogP contribution in [0.1, 0.15) is 38.5 Å². The van der Waals surface area contributed by atoms with Gasteiger partial charge in [-0.05, 0) is 12.8 Å². The molecule has 0 saturated carbocycles. The van der Waals surface area contributed by atoms with Crippen molar-refractivity contribution in [3.05, 3.63) is 12.7 Å². The normalized spacial score (nSPS) is 11.6. The van der Waals surface area contributed by atoms with Gasteiger partial charge in [0, 0.05) is 8.07 Å². The maximum Gasteiger partial charge on any atom is 0.0442 e. The van der Waals surface area contributed by atoms with E-state index in [4.69, 9.17) is 0 Å². The first kappa shape index (κ1) is 13.0. The van der Waals surface area contributed by atoms with E-state index >= 15 is 0 Å². The van der Waals surface area contributed by atoms with E-state index in [9.17, 15) is 0 Å². The van der Waals surface area contributed by atoms with Gasteiger partial charge < -0.3 is 0 Å². The lowest BCUT2D eigenvalue weighted by Gasteiger charge is -2.14. The molecular formula is C12H26Si. The molecule has 0 spiro atoms. The second kappa shape index (κ2) is 7.37. The van der Waals surface area contributed by atoms with E-state index in [1.54, 1.807) is 0 Å². The predicted molar refractivity (Wildman–Crippen MR) is 66.1 cm³/mol. The second-order valence-electron chi connectivity index (χ2n) is 5.16. The van der Waals surface area contributed by atoms with E-state index in [0.29, 0.717) is 0 Å². The van der Waals surface area contributed by atoms with Crippen LogP contribution < -0.4 is 0 Å². The van der Waals surface area contributed by atoms with Crippen molar-refractivity contribution in [2.24, 2.45) is 0 Å². The number of unbranched alkanes of at least 4 members (excludes halogenated alkanes) is 5. The van der Waals surface area contributed by atoms with Gasteiger partial charge in [-0.1, -0.05) is 57.4 Å². The molecular weight excluding hydrogens is 172 g/mol. The third kappa shape index (κ3) is 12.0. The molecule has 0 heterocycles. The van der Waals surface area contributed by atoms with Gasteiger partial charge in [-0.15, -0.1) is 6.58 Å². The Balaban J connectivity index is 3.04. The van der Waals surface area contributed by atoms with Gasteiger partial charge in [-0.25, -0.2) is 0 Å². The Bertz CT molecular complexity index is 122. The molecule has 0 radical (unpaired) electrons. The van der Waals surface area contributed by atoms with Crippen molar-refractivity contribution in [1.29, 1.82) is 0 Å². The fraction of sp³-hybridized carbons (Fsp3) is 0.833. The third-order valence-electron chi connectivity index (χ3n) is 2.34. The predicted octanol–water partition coefficient (Wildman–Crippen LogP) is 4.85. The molecule has 0 bridgehead atoms. The molecule has 0 nitrogen and oxygen atoms in total. The highest BCUT2D eigenvalue weighted by Gasteiger charge is 2.11. The molecule has 0 unspecified atom stereocenters. The summed E-state index contributed by atoms with van der Waals surface area (Å²) in [7, 11) is -0.749. The van der Waals surface area contributed by atoms with E-state index in [0.717, 1.165) is 0 Å². The van der Waals surface area contributed by atoms with Crippen molar-refractivity contribution in [2.75, 3.05) is 0 Å². The fourth-order valence-electron chi connectivity index (χ4n) is 1.47. The average molecular weight is 198 g/mol. The lowest BCUT2D eigenvalue weighted by atomic mass is 10.1. The second-order valence-corrected chi connectivity index (χ2v) is 10.8. The number of hydrogen-bond donors (Lipinski definition) is 0. The maximum absolute atomic E-state index is 3.73. The Kier molecular flexibility index (Phi) is 7.34. The van der Waals surface area contributed by atoms with Gasteiger partial charge >= 0.3 is 0 Å². The molecule has 0 saturated heterocycles. The molecule has 0 aliphatic rings. The van der Waals surface area contributed by atoms with Gasteiger partial charge in [0.05, 0.1) is 0 Å². The minimum absolute atomic E-state index is 0.749. The van der Waals surface area contributed by atoms with Crippen molar-refractivity contribution >= 4 is 8.07 Å². The van der Waals surface area contributed by atoms with E-state index in [1.165, 1.54) is 44.6 Å². The zero-order valence-electron chi connectivity index (χ0n) is 9.73. The summed E-state index contributed by atoms with van der Waals surface area (Å²) in [4.78, 5) is 0. The topological polar surface area (TPSA) is 0 Å². The molecule has 0 aliphatic carbocycles. The van der Waals surface area contributed by atoms with Crippen molar-refractivity contribution in [3.8, 4) is 0 Å². The summed E-state index contributed by atoms with van der Waals surface area (Å²) in [6.45, 7) is 11.1. The summed E-state index contributed by atoms with van der Waals surface area (Å²) in [5.74, 6) is 0. The minimum atomic E-state index is -0.749. The van der Waals surface area contributed by atoms with Crippen molar-refractivity contribution in [3.63, 3.8) is 0 Å². The largest absolute Gasteiger partial charge is 0.103 e. The van der Waals surface area contributed by atoms with Crippen LogP contribution in [0.3, 0.4) is 0 Å². The molecule has 0 aliphatic heterocycles. The van der Waals surface area contributed by atoms with Crippen LogP contribution in [-0.2, 0) is 0 Å². The molecule has 0 rings (SSSR count). The zero-order valence-corrected chi connectivity index (χ0v) is 10.7. The summed E-state index contributed by atoms with van der Waals surface area (Å²) < 4.78 is 0. The highest BCUT2D eigenvalue weighted by atomic mass is 28.3. The Morgan fingerprint density at radius 1 is 0.923 bits per heavy atom. The lowest BCUT2D eigenvalue weighted by Crippen LogP contribution is -2.18. The van der Waals surface area contributed by atoms with Crippen LogP contribution in [0, 0.1) is 0 Å². The zero-order chi connectivity index (χ0) is 10.2. The SMILES string of the molecule is C=CCCCCCCC[Si](C)(C)C. The maximum atomic E-state index is 3.73. The molecule has 0 aromatic carbocycles. The van der Waals surface area contributed by atoms with Crippen LogP contribution in [0.5, 0.6) is 0 Å². The Labute approximate surface area is 85.4 Å². The first-order valence-electron chi connectivity index (χ1n) is 5.67. The first-order chi connectivity index (χ1) is 6.06. The quantitative estimate of drug-likeness (QED) is 0.297. The lowest BCUT2D eigenvalue weighted by molar-refractivity contribution is 0.635. The highest BCUT2D eigenvalue weighted by Crippen LogP contribution is 2.15. The van der Waals surface area contributed by atoms with Gasteiger partial charge in [0.15, 0.2) is 0 Å². The van der Waals surface area contributed by atoms with Gasteiger partial charge in [0.25, 0.3) is 0 Å². The van der Waals surface area contributed by atoms with Crippen LogP contribution in [0.25, 0.3) is 0 Å². The Morgan fingerprint density at radius 2 is 1.46 bits per heavy atom. The Morgan fingerprint density at radius 3 is 2.00 bits per heavy atom. The summed E-state index contributed by atoms with van der Waals surface area (Å²) >= 11 is 0. The van der Waals surface area contributed by atoms with E-state index in [1.807, 2.05) is 6.08 Å². The van der Waals surface area contributed by atoms with Crippen LogP contribution in [-0.4, -0.2) is 8.07 Å². The standard InChI is InChI=1S/C12H26Si/c1-5-6-7-8-9-10-11-12-13(2,3)4/h5H,1,6-12H2,2-4H3. The summed E-state index contributed by atoms with van der Waals surface area (Å²) in [5.41, 5.74) is 0. The Hall–Kier alpha value is -0.0431. The number of rotatable bonds is 8. The van der Waals surface area contributed by atoms with E-state index in [-0.39, 0.29) is 0 Å². The molecule has 13 heavy (non-hydrogen) atoms. The van der Waals surface area contributed by atoms with Crippen molar-refractivity contribution in [2.45, 2.75) is 64.2 Å². The number of hydrogen-bond acceptors (Lipinski definition) is 0. The monoisotopic (exact) mass is 198 g/mol. The summed E-state index contributed by atoms with van der Waals surface area (Å²) in [5, 5.41) is 0. The van der Waals surface area contributed by atoms with Gasteiger partial charge in [-0.2, -0.15) is 0 Å². The number of allylic oxidation sites excluding steroid dienone is 1. The first-order valence-corrected chi connectivity index (χ1v) is 9.38. The fourth-order valence-corrected chi connectivity index (χ4v) is 2.78. The van der Waals surface area contributed by atoms with Crippen LogP contribution in [0.2, 0.25) is 25.7 Å². The molecule has 0 fully saturated rings. The van der Waals surface area contributed by atoms with Crippen LogP contribution in [0.4, 0.5) is 0 Å². The van der Waals surface area contributed by atoms with E-state index in [2.05, 4.69) is 26.2 Å². The van der Waals surface area contributed by atoms with Crippen molar-refractivity contribution < 1.29 is 0 Å². The van der Waals surface area contributed by atoms with Gasteiger partial charge in [-0.3, -0.25) is 0 Å². The van der Waals surface area contributed by atoms with Crippen LogP contribution >= 0.6 is 0 Å². The van der Waals surface area contributed by atoms with Crippen LogP contribution in [0.15, 0.2) is 12.7 Å². The van der Waals surface area contributed by atoms with Gasteiger partial charge in [0.2, 0.25) is 0 Å². The molecule has 0 aromatic heterocycles. The molecule has 0 N–H and O–H groups in total. The molecule has 0 amide bonds. The smallest absolute Gasteiger partial charge is 0.0442 e. The minimum Gasteiger partial charge on any atom is -0.103 e. The van der Waals surface area contributed by atoms with Gasteiger partial charge in [0.1, 0.15) is 0 Å². The molecule has 1 heteroatoms. The highest BCUT2D eigenvalue weighted by molar-refractivity contribution is 6.76. The third-order valence-corrected chi connectivity index (χ3v) is 4.19. The average Bonchev–Trinajstić information content (AvgIpc) is 2.01.